The molecule has 0 bridgehead atoms. The van der Waals surface area contributed by atoms with Gasteiger partial charge in [-0.25, -0.2) is 9.86 Å². The number of piperidine rings is 1. The zero-order chi connectivity index (χ0) is 14.6. The van der Waals surface area contributed by atoms with E-state index < -0.39 is 10.2 Å². The smallest absolute Gasteiger partial charge is 0.274 e. The lowest BCUT2D eigenvalue weighted by Gasteiger charge is -2.32. The molecule has 0 saturated carbocycles. The molecule has 20 heavy (non-hydrogen) atoms. The van der Waals surface area contributed by atoms with Gasteiger partial charge in [0.2, 0.25) is 0 Å². The number of rotatable bonds is 5. The van der Waals surface area contributed by atoms with E-state index in [1.807, 2.05) is 19.3 Å². The molecule has 0 radical (unpaired) electrons. The van der Waals surface area contributed by atoms with Crippen LogP contribution in [0.25, 0.3) is 0 Å². The molecule has 0 spiro atoms. The number of nitrogens with one attached hydrogen (secondary N) is 1. The van der Waals surface area contributed by atoms with E-state index in [4.69, 9.17) is 5.14 Å². The molecule has 1 atom stereocenters. The number of likely N-dealkylation sites (tertiary alicyclic amines) is 1. The molecule has 1 fully saturated rings. The number of hydrogen-bond donors (Lipinski definition) is 2. The number of aromatic nitrogens is 1. The van der Waals surface area contributed by atoms with Gasteiger partial charge in [-0.2, -0.15) is 8.42 Å². The number of pyridine rings is 1. The van der Waals surface area contributed by atoms with Crippen LogP contribution in [-0.4, -0.2) is 37.9 Å². The summed E-state index contributed by atoms with van der Waals surface area (Å²) in [6.07, 6.45) is 5.85. The van der Waals surface area contributed by atoms with E-state index >= 15 is 0 Å². The van der Waals surface area contributed by atoms with E-state index in [1.54, 1.807) is 0 Å². The van der Waals surface area contributed by atoms with Gasteiger partial charge in [-0.15, -0.1) is 0 Å². The second kappa shape index (κ2) is 6.62. The van der Waals surface area contributed by atoms with Crippen LogP contribution in [0.3, 0.4) is 0 Å². The van der Waals surface area contributed by atoms with Crippen molar-refractivity contribution in [2.45, 2.75) is 26.3 Å². The summed E-state index contributed by atoms with van der Waals surface area (Å²) in [5, 5.41) is 4.97. The van der Waals surface area contributed by atoms with Crippen LogP contribution in [0.15, 0.2) is 18.5 Å². The van der Waals surface area contributed by atoms with Gasteiger partial charge >= 0.3 is 0 Å². The van der Waals surface area contributed by atoms with Gasteiger partial charge in [0.25, 0.3) is 10.2 Å². The lowest BCUT2D eigenvalue weighted by atomic mass is 9.98. The Balaban J connectivity index is 1.87. The monoisotopic (exact) mass is 298 g/mol. The molecule has 1 aromatic rings. The molecule has 2 heterocycles. The third kappa shape index (κ3) is 5.16. The largest absolute Gasteiger partial charge is 0.299 e. The lowest BCUT2D eigenvalue weighted by Crippen LogP contribution is -2.42. The van der Waals surface area contributed by atoms with Crippen LogP contribution in [-0.2, 0) is 16.8 Å². The van der Waals surface area contributed by atoms with Crippen LogP contribution in [0.4, 0.5) is 0 Å². The van der Waals surface area contributed by atoms with Crippen molar-refractivity contribution in [2.24, 2.45) is 11.1 Å². The summed E-state index contributed by atoms with van der Waals surface area (Å²) in [6.45, 7) is 5.24. The maximum atomic E-state index is 10.9. The lowest BCUT2D eigenvalue weighted by molar-refractivity contribution is 0.168. The minimum atomic E-state index is -3.58. The quantitative estimate of drug-likeness (QED) is 0.823. The third-order valence-corrected chi connectivity index (χ3v) is 4.08. The molecule has 1 aliphatic heterocycles. The average molecular weight is 298 g/mol. The van der Waals surface area contributed by atoms with Crippen LogP contribution in [0.1, 0.15) is 24.0 Å². The summed E-state index contributed by atoms with van der Waals surface area (Å²) in [4.78, 5) is 6.55. The number of aryl methyl sites for hydroxylation is 1. The van der Waals surface area contributed by atoms with Crippen LogP contribution >= 0.6 is 0 Å². The molecule has 0 aromatic carbocycles. The molecule has 0 amide bonds. The minimum absolute atomic E-state index is 0.319. The maximum absolute atomic E-state index is 10.9. The van der Waals surface area contributed by atoms with E-state index in [9.17, 15) is 8.42 Å². The summed E-state index contributed by atoms with van der Waals surface area (Å²) in [7, 11) is -3.58. The van der Waals surface area contributed by atoms with Crippen molar-refractivity contribution < 1.29 is 8.42 Å². The van der Waals surface area contributed by atoms with Crippen LogP contribution in [0, 0.1) is 12.8 Å². The van der Waals surface area contributed by atoms with E-state index in [0.717, 1.165) is 38.0 Å². The van der Waals surface area contributed by atoms with Crippen molar-refractivity contribution in [2.75, 3.05) is 19.6 Å². The number of nitrogens with two attached hydrogens (primary N) is 1. The molecule has 6 nitrogen and oxygen atoms in total. The van der Waals surface area contributed by atoms with Gasteiger partial charge < -0.3 is 0 Å². The van der Waals surface area contributed by atoms with Gasteiger partial charge in [-0.05, 0) is 43.4 Å². The Morgan fingerprint density at radius 3 is 3.00 bits per heavy atom. The van der Waals surface area contributed by atoms with Gasteiger partial charge in [0.15, 0.2) is 0 Å². The molecule has 1 saturated heterocycles. The Morgan fingerprint density at radius 1 is 1.50 bits per heavy atom. The Bertz CT molecular complexity index is 547. The fourth-order valence-electron chi connectivity index (χ4n) is 2.66. The first kappa shape index (κ1) is 15.4. The highest BCUT2D eigenvalue weighted by molar-refractivity contribution is 7.87. The van der Waals surface area contributed by atoms with Crippen LogP contribution in [0.2, 0.25) is 0 Å². The Kier molecular flexibility index (Phi) is 5.09. The third-order valence-electron chi connectivity index (χ3n) is 3.51. The first-order chi connectivity index (χ1) is 9.42. The summed E-state index contributed by atoms with van der Waals surface area (Å²) < 4.78 is 24.3. The van der Waals surface area contributed by atoms with Crippen molar-refractivity contribution in [3.8, 4) is 0 Å². The zero-order valence-corrected chi connectivity index (χ0v) is 12.6. The summed E-state index contributed by atoms with van der Waals surface area (Å²) in [5.41, 5.74) is 2.36. The molecule has 1 unspecified atom stereocenters. The highest BCUT2D eigenvalue weighted by Crippen LogP contribution is 2.18. The standard InChI is InChI=1S/C13H22N4O2S/c1-11-5-13(7-15-6-11)10-17-4-2-3-12(9-17)8-16-20(14,18)19/h5-7,12,16H,2-4,8-10H2,1H3,(H2,14,18,19). The average Bonchev–Trinajstić information content (AvgIpc) is 2.36. The van der Waals surface area contributed by atoms with Crippen molar-refractivity contribution in [1.82, 2.24) is 14.6 Å². The number of hydrogen-bond acceptors (Lipinski definition) is 4. The fourth-order valence-corrected chi connectivity index (χ4v) is 3.13. The van der Waals surface area contributed by atoms with Gasteiger partial charge in [0, 0.05) is 32.0 Å². The minimum Gasteiger partial charge on any atom is -0.299 e. The second-order valence-corrected chi connectivity index (χ2v) is 6.89. The second-order valence-electron chi connectivity index (χ2n) is 5.51. The summed E-state index contributed by atoms with van der Waals surface area (Å²) >= 11 is 0. The van der Waals surface area contributed by atoms with E-state index in [0.29, 0.717) is 12.5 Å². The van der Waals surface area contributed by atoms with Gasteiger partial charge in [-0.3, -0.25) is 9.88 Å². The molecule has 112 valence electrons. The maximum Gasteiger partial charge on any atom is 0.274 e. The van der Waals surface area contributed by atoms with Gasteiger partial charge in [0.1, 0.15) is 0 Å². The normalized spacial score (nSPS) is 21.0. The molecule has 1 aliphatic rings. The molecule has 0 aliphatic carbocycles. The highest BCUT2D eigenvalue weighted by atomic mass is 32.2. The molecule has 7 heteroatoms. The van der Waals surface area contributed by atoms with E-state index in [-0.39, 0.29) is 0 Å². The SMILES string of the molecule is Cc1cncc(CN2CCCC(CNS(N)(=O)=O)C2)c1. The summed E-state index contributed by atoms with van der Waals surface area (Å²) in [6, 6.07) is 2.14. The molecule has 2 rings (SSSR count). The van der Waals surface area contributed by atoms with E-state index in [2.05, 4.69) is 20.7 Å². The number of nitrogens with zero attached hydrogens (tertiary/aromatic N) is 2. The van der Waals surface area contributed by atoms with Gasteiger partial charge in [0.05, 0.1) is 0 Å². The predicted molar refractivity (Wildman–Crippen MR) is 78.1 cm³/mol. The molecule has 1 aromatic heterocycles. The molecule has 3 N–H and O–H groups in total. The first-order valence-electron chi connectivity index (χ1n) is 6.82. The van der Waals surface area contributed by atoms with E-state index in [1.165, 1.54) is 5.56 Å². The zero-order valence-electron chi connectivity index (χ0n) is 11.7. The first-order valence-corrected chi connectivity index (χ1v) is 8.37. The Morgan fingerprint density at radius 2 is 2.30 bits per heavy atom. The highest BCUT2D eigenvalue weighted by Gasteiger charge is 2.21. The van der Waals surface area contributed by atoms with Crippen molar-refractivity contribution in [1.29, 1.82) is 0 Å². The van der Waals surface area contributed by atoms with Gasteiger partial charge in [-0.1, -0.05) is 6.07 Å². The fraction of sp³-hybridized carbons (Fsp3) is 0.615. The van der Waals surface area contributed by atoms with Crippen LogP contribution < -0.4 is 9.86 Å². The Hall–Kier alpha value is -1.02. The van der Waals surface area contributed by atoms with Crippen molar-refractivity contribution in [3.63, 3.8) is 0 Å². The van der Waals surface area contributed by atoms with Crippen LogP contribution in [0.5, 0.6) is 0 Å². The predicted octanol–water partition coefficient (Wildman–Crippen LogP) is 0.395. The Labute approximate surface area is 120 Å². The molecular weight excluding hydrogens is 276 g/mol. The van der Waals surface area contributed by atoms with Crippen molar-refractivity contribution in [3.05, 3.63) is 29.6 Å². The summed E-state index contributed by atoms with van der Waals surface area (Å²) in [5.74, 6) is 0.319. The molecular formula is C13H22N4O2S. The topological polar surface area (TPSA) is 88.3 Å². The van der Waals surface area contributed by atoms with Crippen molar-refractivity contribution >= 4 is 10.2 Å².